The average molecular weight is 479 g/mol. The molecule has 2 atom stereocenters. The van der Waals surface area contributed by atoms with Gasteiger partial charge in [0.05, 0.1) is 9.22 Å². The topological polar surface area (TPSA) is 37.3 Å². The molecule has 0 saturated carbocycles. The molecule has 26 heavy (non-hydrogen) atoms. The fourth-order valence-electron chi connectivity index (χ4n) is 3.71. The van der Waals surface area contributed by atoms with E-state index in [4.69, 9.17) is 0 Å². The normalized spacial score (nSPS) is 21.2. The van der Waals surface area contributed by atoms with E-state index in [0.717, 1.165) is 23.9 Å². The standard InChI is InChI=1S/C18H21F3IN3O/c1-11-8-13(6-7-24(11)12(2)26)23-15-4-3-5-16-14(15)9-17(22)25(16)10-18(19,20)21/h3-5,9,11,13,23H,6-8,10H2,1-2H3. The largest absolute Gasteiger partial charge is 0.406 e. The van der Waals surface area contributed by atoms with Gasteiger partial charge in [-0.05, 0) is 60.6 Å². The summed E-state index contributed by atoms with van der Waals surface area (Å²) >= 11 is 1.95. The van der Waals surface area contributed by atoms with E-state index in [1.165, 1.54) is 4.57 Å². The molecule has 4 nitrogen and oxygen atoms in total. The number of piperidine rings is 1. The van der Waals surface area contributed by atoms with Gasteiger partial charge in [-0.3, -0.25) is 4.79 Å². The quantitative estimate of drug-likeness (QED) is 0.653. The number of hydrogen-bond acceptors (Lipinski definition) is 2. The highest BCUT2D eigenvalue weighted by Gasteiger charge is 2.30. The van der Waals surface area contributed by atoms with Gasteiger partial charge in [0, 0.05) is 36.6 Å². The lowest BCUT2D eigenvalue weighted by Crippen LogP contribution is -2.47. The number of amides is 1. The molecule has 2 heterocycles. The summed E-state index contributed by atoms with van der Waals surface area (Å²) in [5.41, 5.74) is 1.42. The van der Waals surface area contributed by atoms with E-state index in [9.17, 15) is 18.0 Å². The van der Waals surface area contributed by atoms with E-state index in [0.29, 0.717) is 15.8 Å². The van der Waals surface area contributed by atoms with Crippen molar-refractivity contribution in [1.29, 1.82) is 0 Å². The minimum absolute atomic E-state index is 0.0804. The van der Waals surface area contributed by atoms with Crippen LogP contribution >= 0.6 is 22.6 Å². The first-order valence-corrected chi connectivity index (χ1v) is 9.62. The molecule has 0 radical (unpaired) electrons. The lowest BCUT2D eigenvalue weighted by Gasteiger charge is -2.37. The number of nitrogens with zero attached hydrogens (tertiary/aromatic N) is 2. The molecule has 1 aromatic heterocycles. The number of likely N-dealkylation sites (tertiary alicyclic amines) is 1. The summed E-state index contributed by atoms with van der Waals surface area (Å²) in [6.45, 7) is 3.30. The molecule has 1 aromatic carbocycles. The molecule has 1 saturated heterocycles. The summed E-state index contributed by atoms with van der Waals surface area (Å²) in [5.74, 6) is 0.0804. The number of halogens is 4. The van der Waals surface area contributed by atoms with Crippen molar-refractivity contribution in [2.45, 2.75) is 51.5 Å². The maximum Gasteiger partial charge on any atom is 0.406 e. The summed E-state index contributed by atoms with van der Waals surface area (Å²) in [6.07, 6.45) is -2.62. The van der Waals surface area contributed by atoms with Gasteiger partial charge in [-0.15, -0.1) is 0 Å². The zero-order valence-electron chi connectivity index (χ0n) is 14.6. The molecule has 2 unspecified atom stereocenters. The smallest absolute Gasteiger partial charge is 0.382 e. The second-order valence-corrected chi connectivity index (χ2v) is 7.94. The molecule has 1 amide bonds. The Kier molecular flexibility index (Phi) is 5.41. The molecule has 1 fully saturated rings. The summed E-state index contributed by atoms with van der Waals surface area (Å²) in [7, 11) is 0. The molecule has 1 N–H and O–H groups in total. The molecule has 2 aromatic rings. The lowest BCUT2D eigenvalue weighted by molar-refractivity contribution is -0.140. The number of aromatic nitrogens is 1. The number of fused-ring (bicyclic) bond motifs is 1. The van der Waals surface area contributed by atoms with E-state index in [2.05, 4.69) is 5.32 Å². The number of nitrogens with one attached hydrogen (secondary N) is 1. The van der Waals surface area contributed by atoms with Gasteiger partial charge in [0.15, 0.2) is 0 Å². The van der Waals surface area contributed by atoms with Crippen molar-refractivity contribution < 1.29 is 18.0 Å². The zero-order chi connectivity index (χ0) is 19.1. The van der Waals surface area contributed by atoms with Crippen LogP contribution in [0.4, 0.5) is 18.9 Å². The van der Waals surface area contributed by atoms with Crippen LogP contribution in [0, 0.1) is 3.70 Å². The number of benzene rings is 1. The van der Waals surface area contributed by atoms with Crippen molar-refractivity contribution in [3.63, 3.8) is 0 Å². The predicted molar refractivity (Wildman–Crippen MR) is 104 cm³/mol. The van der Waals surface area contributed by atoms with Crippen molar-refractivity contribution in [2.75, 3.05) is 11.9 Å². The van der Waals surface area contributed by atoms with E-state index in [1.54, 1.807) is 25.1 Å². The molecular weight excluding hydrogens is 458 g/mol. The second-order valence-electron chi connectivity index (χ2n) is 6.83. The third-order valence-corrected chi connectivity index (χ3v) is 5.77. The fraction of sp³-hybridized carbons (Fsp3) is 0.500. The zero-order valence-corrected chi connectivity index (χ0v) is 16.8. The van der Waals surface area contributed by atoms with Gasteiger partial charge in [-0.2, -0.15) is 13.2 Å². The van der Waals surface area contributed by atoms with Gasteiger partial charge < -0.3 is 14.8 Å². The van der Waals surface area contributed by atoms with Gasteiger partial charge in [-0.1, -0.05) is 6.07 Å². The highest BCUT2D eigenvalue weighted by molar-refractivity contribution is 14.1. The Balaban J connectivity index is 1.83. The van der Waals surface area contributed by atoms with Crippen LogP contribution in [-0.2, 0) is 11.3 Å². The third kappa shape index (κ3) is 4.10. The molecule has 1 aliphatic rings. The molecule has 1 aliphatic heterocycles. The van der Waals surface area contributed by atoms with Crippen LogP contribution in [0.2, 0.25) is 0 Å². The number of hydrogen-bond donors (Lipinski definition) is 1. The van der Waals surface area contributed by atoms with E-state index in [-0.39, 0.29) is 18.0 Å². The molecule has 0 spiro atoms. The highest BCUT2D eigenvalue weighted by Crippen LogP contribution is 2.32. The maximum absolute atomic E-state index is 12.9. The Morgan fingerprint density at radius 1 is 1.38 bits per heavy atom. The average Bonchev–Trinajstić information content (AvgIpc) is 2.83. The number of carbonyl (C=O) groups is 1. The number of anilines is 1. The van der Waals surface area contributed by atoms with Gasteiger partial charge >= 0.3 is 6.18 Å². The Bertz CT molecular complexity index is 818. The van der Waals surface area contributed by atoms with Gasteiger partial charge in [-0.25, -0.2) is 0 Å². The van der Waals surface area contributed by atoms with E-state index < -0.39 is 12.7 Å². The van der Waals surface area contributed by atoms with Gasteiger partial charge in [0.25, 0.3) is 0 Å². The summed E-state index contributed by atoms with van der Waals surface area (Å²) in [5, 5.41) is 4.28. The minimum Gasteiger partial charge on any atom is -0.382 e. The fourth-order valence-corrected chi connectivity index (χ4v) is 4.45. The Morgan fingerprint density at radius 2 is 2.12 bits per heavy atom. The molecule has 8 heteroatoms. The molecular formula is C18H21F3IN3O. The van der Waals surface area contributed by atoms with Crippen LogP contribution in [0.1, 0.15) is 26.7 Å². The first-order chi connectivity index (χ1) is 12.2. The molecule has 3 rings (SSSR count). The number of alkyl halides is 3. The summed E-state index contributed by atoms with van der Waals surface area (Å²) in [6, 6.07) is 7.52. The van der Waals surface area contributed by atoms with E-state index >= 15 is 0 Å². The minimum atomic E-state index is -4.26. The monoisotopic (exact) mass is 479 g/mol. The van der Waals surface area contributed by atoms with Crippen molar-refractivity contribution in [1.82, 2.24) is 9.47 Å². The second kappa shape index (κ2) is 7.28. The Labute approximate surface area is 163 Å². The molecule has 0 aliphatic carbocycles. The Hall–Kier alpha value is -1.45. The van der Waals surface area contributed by atoms with Crippen LogP contribution < -0.4 is 5.32 Å². The van der Waals surface area contributed by atoms with Crippen LogP contribution in [0.5, 0.6) is 0 Å². The van der Waals surface area contributed by atoms with Gasteiger partial charge in [0.2, 0.25) is 5.91 Å². The number of rotatable bonds is 3. The van der Waals surface area contributed by atoms with Crippen LogP contribution in [0.25, 0.3) is 10.9 Å². The van der Waals surface area contributed by atoms with Crippen molar-refractivity contribution in [3.05, 3.63) is 28.0 Å². The lowest BCUT2D eigenvalue weighted by atomic mass is 9.97. The number of carbonyl (C=O) groups excluding carboxylic acids is 1. The first-order valence-electron chi connectivity index (χ1n) is 8.54. The van der Waals surface area contributed by atoms with E-state index in [1.807, 2.05) is 40.5 Å². The maximum atomic E-state index is 12.9. The first kappa shape index (κ1) is 19.3. The van der Waals surface area contributed by atoms with Crippen LogP contribution in [0.3, 0.4) is 0 Å². The Morgan fingerprint density at radius 3 is 2.73 bits per heavy atom. The predicted octanol–water partition coefficient (Wildman–Crippen LogP) is 4.62. The van der Waals surface area contributed by atoms with Crippen molar-refractivity contribution in [2.24, 2.45) is 0 Å². The van der Waals surface area contributed by atoms with Crippen LogP contribution in [0.15, 0.2) is 24.3 Å². The third-order valence-electron chi connectivity index (χ3n) is 4.87. The molecule has 142 valence electrons. The summed E-state index contributed by atoms with van der Waals surface area (Å²) < 4.78 is 40.5. The highest BCUT2D eigenvalue weighted by atomic mass is 127. The van der Waals surface area contributed by atoms with Crippen LogP contribution in [-0.4, -0.2) is 40.2 Å². The van der Waals surface area contributed by atoms with Gasteiger partial charge in [0.1, 0.15) is 6.54 Å². The van der Waals surface area contributed by atoms with Crippen molar-refractivity contribution >= 4 is 45.1 Å². The SMILES string of the molecule is CC(=O)N1CCC(Nc2cccc3c2cc(I)n3CC(F)(F)F)CC1C. The summed E-state index contributed by atoms with van der Waals surface area (Å²) in [4.78, 5) is 13.5. The molecule has 0 bridgehead atoms. The van der Waals surface area contributed by atoms with Crippen molar-refractivity contribution in [3.8, 4) is 0 Å².